The molecule has 4 nitrogen and oxygen atoms in total. The molecule has 1 aromatic heterocycles. The van der Waals surface area contributed by atoms with Gasteiger partial charge in [-0.25, -0.2) is 9.37 Å². The summed E-state index contributed by atoms with van der Waals surface area (Å²) in [5.41, 5.74) is 1.58. The van der Waals surface area contributed by atoms with Gasteiger partial charge in [-0.1, -0.05) is 42.5 Å². The van der Waals surface area contributed by atoms with E-state index < -0.39 is 0 Å². The van der Waals surface area contributed by atoms with Gasteiger partial charge < -0.3 is 10.2 Å². The summed E-state index contributed by atoms with van der Waals surface area (Å²) in [5, 5.41) is 3.59. The van der Waals surface area contributed by atoms with E-state index in [9.17, 15) is 9.18 Å². The van der Waals surface area contributed by atoms with E-state index in [1.54, 1.807) is 18.2 Å². The molecule has 0 bridgehead atoms. The van der Waals surface area contributed by atoms with Crippen molar-refractivity contribution in [3.05, 3.63) is 77.1 Å². The Hall–Kier alpha value is -2.57. The quantitative estimate of drug-likeness (QED) is 0.674. The maximum atomic E-state index is 13.9. The molecular formula is C21H22FN3OS. The second kappa shape index (κ2) is 8.88. The highest BCUT2D eigenvalue weighted by molar-refractivity contribution is 7.16. The van der Waals surface area contributed by atoms with Crippen molar-refractivity contribution < 1.29 is 9.18 Å². The van der Waals surface area contributed by atoms with Crippen LogP contribution in [0.3, 0.4) is 0 Å². The van der Waals surface area contributed by atoms with Crippen LogP contribution >= 0.6 is 11.3 Å². The van der Waals surface area contributed by atoms with Gasteiger partial charge in [0.2, 0.25) is 0 Å². The fraction of sp³-hybridized carbons (Fsp3) is 0.238. The number of nitrogens with zero attached hydrogens (tertiary/aromatic N) is 2. The Morgan fingerprint density at radius 1 is 1.15 bits per heavy atom. The number of aromatic nitrogens is 1. The Balaban J connectivity index is 1.73. The molecule has 0 aliphatic carbocycles. The maximum Gasteiger partial charge on any atom is 0.263 e. The zero-order valence-corrected chi connectivity index (χ0v) is 16.2. The van der Waals surface area contributed by atoms with Crippen molar-refractivity contribution in [2.75, 3.05) is 20.6 Å². The van der Waals surface area contributed by atoms with Gasteiger partial charge in [-0.05, 0) is 38.2 Å². The summed E-state index contributed by atoms with van der Waals surface area (Å²) in [6.45, 7) is 0.722. The predicted octanol–water partition coefficient (Wildman–Crippen LogP) is 3.85. The Kier molecular flexibility index (Phi) is 6.32. The molecule has 0 saturated carbocycles. The molecular weight excluding hydrogens is 361 g/mol. The monoisotopic (exact) mass is 383 g/mol. The third-order valence-electron chi connectivity index (χ3n) is 4.08. The summed E-state index contributed by atoms with van der Waals surface area (Å²) < 4.78 is 13.9. The topological polar surface area (TPSA) is 45.2 Å². The van der Waals surface area contributed by atoms with Crippen molar-refractivity contribution in [3.8, 4) is 10.6 Å². The number of carbonyl (C=O) groups is 1. The molecule has 0 aliphatic heterocycles. The molecule has 6 heteroatoms. The molecule has 1 heterocycles. The van der Waals surface area contributed by atoms with Gasteiger partial charge in [0.1, 0.15) is 15.7 Å². The first kappa shape index (κ1) is 19.2. The second-order valence-electron chi connectivity index (χ2n) is 6.63. The van der Waals surface area contributed by atoms with Gasteiger partial charge in [-0.2, -0.15) is 0 Å². The number of benzene rings is 2. The first-order valence-corrected chi connectivity index (χ1v) is 9.55. The van der Waals surface area contributed by atoms with Gasteiger partial charge >= 0.3 is 0 Å². The average molecular weight is 383 g/mol. The van der Waals surface area contributed by atoms with Crippen LogP contribution in [-0.2, 0) is 6.42 Å². The predicted molar refractivity (Wildman–Crippen MR) is 107 cm³/mol. The van der Waals surface area contributed by atoms with Crippen LogP contribution in [0.4, 0.5) is 4.39 Å². The molecule has 1 amide bonds. The number of thiazole rings is 1. The van der Waals surface area contributed by atoms with Crippen LogP contribution in [0.5, 0.6) is 0 Å². The molecule has 0 radical (unpaired) electrons. The molecule has 2 aromatic carbocycles. The van der Waals surface area contributed by atoms with Gasteiger partial charge in [0.15, 0.2) is 0 Å². The number of hydrogen-bond acceptors (Lipinski definition) is 4. The largest absolute Gasteiger partial charge is 0.347 e. The Morgan fingerprint density at radius 2 is 1.85 bits per heavy atom. The fourth-order valence-corrected chi connectivity index (χ4v) is 3.74. The lowest BCUT2D eigenvalue weighted by atomic mass is 10.1. The molecule has 1 unspecified atom stereocenters. The fourth-order valence-electron chi connectivity index (χ4n) is 2.90. The van der Waals surface area contributed by atoms with Crippen molar-refractivity contribution >= 4 is 17.2 Å². The van der Waals surface area contributed by atoms with E-state index in [2.05, 4.69) is 22.4 Å². The van der Waals surface area contributed by atoms with Crippen molar-refractivity contribution in [1.82, 2.24) is 15.2 Å². The molecule has 27 heavy (non-hydrogen) atoms. The van der Waals surface area contributed by atoms with Gasteiger partial charge in [-0.15, -0.1) is 11.3 Å². The molecule has 1 atom stereocenters. The number of carbonyl (C=O) groups excluding carboxylic acids is 1. The van der Waals surface area contributed by atoms with Crippen LogP contribution in [0, 0.1) is 5.82 Å². The second-order valence-corrected chi connectivity index (χ2v) is 7.66. The van der Waals surface area contributed by atoms with Crippen LogP contribution in [0.1, 0.15) is 15.2 Å². The summed E-state index contributed by atoms with van der Waals surface area (Å²) in [6.07, 6.45) is 2.25. The van der Waals surface area contributed by atoms with Crippen LogP contribution in [0.2, 0.25) is 0 Å². The number of likely N-dealkylation sites (N-methyl/N-ethyl adjacent to an activating group) is 1. The van der Waals surface area contributed by atoms with Crippen LogP contribution in [0.25, 0.3) is 10.6 Å². The Morgan fingerprint density at radius 3 is 2.56 bits per heavy atom. The minimum absolute atomic E-state index is 0.0334. The van der Waals surface area contributed by atoms with Gasteiger partial charge in [-0.3, -0.25) is 4.79 Å². The van der Waals surface area contributed by atoms with Crippen molar-refractivity contribution in [3.63, 3.8) is 0 Å². The molecule has 3 rings (SSSR count). The first-order chi connectivity index (χ1) is 13.0. The van der Waals surface area contributed by atoms with Gasteiger partial charge in [0.05, 0.1) is 6.20 Å². The third-order valence-corrected chi connectivity index (χ3v) is 5.11. The zero-order valence-electron chi connectivity index (χ0n) is 15.4. The van der Waals surface area contributed by atoms with Gasteiger partial charge in [0.25, 0.3) is 5.91 Å². The molecule has 140 valence electrons. The summed E-state index contributed by atoms with van der Waals surface area (Å²) >= 11 is 1.20. The normalized spacial score (nSPS) is 12.1. The number of amides is 1. The van der Waals surface area contributed by atoms with Crippen molar-refractivity contribution in [2.45, 2.75) is 12.5 Å². The lowest BCUT2D eigenvalue weighted by molar-refractivity contribution is 0.0934. The zero-order chi connectivity index (χ0) is 19.2. The Labute approximate surface area is 162 Å². The van der Waals surface area contributed by atoms with E-state index in [0.29, 0.717) is 15.4 Å². The smallest absolute Gasteiger partial charge is 0.263 e. The van der Waals surface area contributed by atoms with E-state index in [-0.39, 0.29) is 17.8 Å². The molecule has 3 aromatic rings. The van der Waals surface area contributed by atoms with E-state index in [0.717, 1.165) is 13.0 Å². The highest BCUT2D eigenvalue weighted by atomic mass is 32.1. The number of rotatable bonds is 7. The Bertz CT molecular complexity index is 895. The van der Waals surface area contributed by atoms with E-state index in [1.165, 1.54) is 29.2 Å². The highest BCUT2D eigenvalue weighted by Gasteiger charge is 2.18. The van der Waals surface area contributed by atoms with Crippen molar-refractivity contribution in [1.29, 1.82) is 0 Å². The first-order valence-electron chi connectivity index (χ1n) is 8.73. The average Bonchev–Trinajstić information content (AvgIpc) is 3.12. The molecule has 0 aliphatic rings. The van der Waals surface area contributed by atoms with Gasteiger partial charge in [0, 0.05) is 18.2 Å². The lowest BCUT2D eigenvalue weighted by Crippen LogP contribution is -2.42. The SMILES string of the molecule is CN(C)CC(Cc1ccccc1)NC(=O)c1cnc(-c2ccccc2F)s1. The number of nitrogens with one attached hydrogen (secondary N) is 1. The van der Waals surface area contributed by atoms with E-state index in [1.807, 2.05) is 37.2 Å². The van der Waals surface area contributed by atoms with Crippen LogP contribution in [0.15, 0.2) is 60.8 Å². The standard InChI is InChI=1S/C21H22FN3OS/c1-25(2)14-16(12-15-8-4-3-5-9-15)24-20(26)19-13-23-21(27-19)17-10-6-7-11-18(17)22/h3-11,13,16H,12,14H2,1-2H3,(H,24,26). The third kappa shape index (κ3) is 5.21. The number of halogens is 1. The molecule has 0 spiro atoms. The maximum absolute atomic E-state index is 13.9. The lowest BCUT2D eigenvalue weighted by Gasteiger charge is -2.22. The molecule has 0 fully saturated rings. The summed E-state index contributed by atoms with van der Waals surface area (Å²) in [4.78, 5) is 19.5. The minimum atomic E-state index is -0.339. The van der Waals surface area contributed by atoms with Crippen LogP contribution in [-0.4, -0.2) is 42.5 Å². The molecule has 0 saturated heterocycles. The van der Waals surface area contributed by atoms with E-state index >= 15 is 0 Å². The van der Waals surface area contributed by atoms with Crippen molar-refractivity contribution in [2.24, 2.45) is 0 Å². The highest BCUT2D eigenvalue weighted by Crippen LogP contribution is 2.27. The van der Waals surface area contributed by atoms with Crippen LogP contribution < -0.4 is 5.32 Å². The summed E-state index contributed by atoms with van der Waals surface area (Å²) in [6, 6.07) is 16.5. The summed E-state index contributed by atoms with van der Waals surface area (Å²) in [5.74, 6) is -0.522. The van der Waals surface area contributed by atoms with E-state index in [4.69, 9.17) is 0 Å². The molecule has 1 N–H and O–H groups in total. The minimum Gasteiger partial charge on any atom is -0.347 e. The number of hydrogen-bond donors (Lipinski definition) is 1. The summed E-state index contributed by atoms with van der Waals surface area (Å²) in [7, 11) is 3.96.